The molecule has 0 unspecified atom stereocenters. The zero-order valence-electron chi connectivity index (χ0n) is 19.9. The fourth-order valence-electron chi connectivity index (χ4n) is 4.62. The van der Waals surface area contributed by atoms with Crippen molar-refractivity contribution in [1.82, 2.24) is 14.8 Å². The van der Waals surface area contributed by atoms with Gasteiger partial charge in [0.15, 0.2) is 11.6 Å². The van der Waals surface area contributed by atoms with Crippen molar-refractivity contribution in [2.45, 2.75) is 33.1 Å². The third-order valence-corrected chi connectivity index (χ3v) is 6.33. The predicted octanol–water partition coefficient (Wildman–Crippen LogP) is 7.95. The Bertz CT molecular complexity index is 1400. The molecule has 0 spiro atoms. The van der Waals surface area contributed by atoms with Crippen molar-refractivity contribution < 1.29 is 0 Å². The third kappa shape index (κ3) is 3.94. The molecule has 0 radical (unpaired) electrons. The van der Waals surface area contributed by atoms with E-state index in [9.17, 15) is 0 Å². The number of benzene rings is 4. The molecule has 0 N–H and O–H groups in total. The molecule has 5 rings (SSSR count). The Labute approximate surface area is 201 Å². The maximum absolute atomic E-state index is 4.80. The van der Waals surface area contributed by atoms with Crippen LogP contribution in [0.25, 0.3) is 39.6 Å². The van der Waals surface area contributed by atoms with Crippen LogP contribution in [0.5, 0.6) is 0 Å². The minimum Gasteiger partial charge on any atom is -0.274 e. The van der Waals surface area contributed by atoms with Gasteiger partial charge in [-0.05, 0) is 29.0 Å². The van der Waals surface area contributed by atoms with E-state index in [1.807, 2.05) is 6.07 Å². The summed E-state index contributed by atoms with van der Waals surface area (Å²) in [6.07, 6.45) is 0.932. The molecule has 1 heterocycles. The lowest BCUT2D eigenvalue weighted by molar-refractivity contribution is 0.848. The van der Waals surface area contributed by atoms with Crippen LogP contribution in [-0.4, -0.2) is 14.8 Å². The summed E-state index contributed by atoms with van der Waals surface area (Å²) in [5, 5.41) is 9.56. The maximum atomic E-state index is 4.80. The van der Waals surface area contributed by atoms with Gasteiger partial charge in [0.25, 0.3) is 0 Å². The first-order chi connectivity index (χ1) is 16.7. The molecule has 0 aliphatic carbocycles. The second-order valence-electron chi connectivity index (χ2n) is 8.82. The molecule has 0 aliphatic heterocycles. The molecule has 0 saturated heterocycles. The van der Waals surface area contributed by atoms with Gasteiger partial charge in [-0.15, -0.1) is 10.2 Å². The molecular formula is C31H29N3. The van der Waals surface area contributed by atoms with Crippen LogP contribution >= 0.6 is 0 Å². The van der Waals surface area contributed by atoms with Crippen molar-refractivity contribution in [1.29, 1.82) is 0 Å². The first-order valence-electron chi connectivity index (χ1n) is 12.0. The second kappa shape index (κ2) is 9.48. The lowest BCUT2D eigenvalue weighted by Gasteiger charge is -2.22. The zero-order chi connectivity index (χ0) is 23.5. The maximum Gasteiger partial charge on any atom is 0.169 e. The van der Waals surface area contributed by atoms with E-state index in [4.69, 9.17) is 10.2 Å². The van der Waals surface area contributed by atoms with Gasteiger partial charge in [0.1, 0.15) is 0 Å². The SMILES string of the molecule is CCc1ccccc1-c1nnc(-c2ccccc2)n1-c1c(-c2ccccc2)cccc1C(C)C. The number of hydrogen-bond acceptors (Lipinski definition) is 2. The highest BCUT2D eigenvalue weighted by atomic mass is 15.3. The molecule has 0 amide bonds. The molecule has 0 fully saturated rings. The van der Waals surface area contributed by atoms with E-state index in [2.05, 4.69) is 122 Å². The molecule has 0 aliphatic rings. The molecule has 168 valence electrons. The number of para-hydroxylation sites is 1. The first kappa shape index (κ1) is 21.8. The van der Waals surface area contributed by atoms with Crippen LogP contribution in [0.1, 0.15) is 37.8 Å². The summed E-state index contributed by atoms with van der Waals surface area (Å²) in [5.41, 5.74) is 8.22. The van der Waals surface area contributed by atoms with Gasteiger partial charge in [0.2, 0.25) is 0 Å². The Kier molecular flexibility index (Phi) is 6.09. The molecule has 0 saturated carbocycles. The first-order valence-corrected chi connectivity index (χ1v) is 12.0. The predicted molar refractivity (Wildman–Crippen MR) is 141 cm³/mol. The Morgan fingerprint density at radius 2 is 1.21 bits per heavy atom. The summed E-state index contributed by atoms with van der Waals surface area (Å²) < 4.78 is 2.28. The minimum absolute atomic E-state index is 0.332. The van der Waals surface area contributed by atoms with Crippen LogP contribution in [0.2, 0.25) is 0 Å². The second-order valence-corrected chi connectivity index (χ2v) is 8.82. The fourth-order valence-corrected chi connectivity index (χ4v) is 4.62. The average molecular weight is 444 g/mol. The van der Waals surface area contributed by atoms with Crippen molar-refractivity contribution in [2.24, 2.45) is 0 Å². The zero-order valence-corrected chi connectivity index (χ0v) is 19.9. The quantitative estimate of drug-likeness (QED) is 0.266. The van der Waals surface area contributed by atoms with Crippen LogP contribution in [0, 0.1) is 0 Å². The van der Waals surface area contributed by atoms with E-state index in [0.29, 0.717) is 5.92 Å². The van der Waals surface area contributed by atoms with Crippen molar-refractivity contribution in [3.63, 3.8) is 0 Å². The Morgan fingerprint density at radius 1 is 0.618 bits per heavy atom. The van der Waals surface area contributed by atoms with Gasteiger partial charge in [0, 0.05) is 16.7 Å². The Hall–Kier alpha value is -3.98. The number of rotatable bonds is 6. The largest absolute Gasteiger partial charge is 0.274 e. The molecule has 5 aromatic rings. The van der Waals surface area contributed by atoms with Crippen LogP contribution in [0.3, 0.4) is 0 Å². The van der Waals surface area contributed by atoms with Gasteiger partial charge < -0.3 is 0 Å². The Morgan fingerprint density at radius 3 is 1.88 bits per heavy atom. The lowest BCUT2D eigenvalue weighted by Crippen LogP contribution is -2.08. The molecule has 0 atom stereocenters. The van der Waals surface area contributed by atoms with Gasteiger partial charge >= 0.3 is 0 Å². The summed E-state index contributed by atoms with van der Waals surface area (Å²) in [6, 6.07) is 36.1. The molecule has 4 aromatic carbocycles. The fraction of sp³-hybridized carbons (Fsp3) is 0.161. The van der Waals surface area contributed by atoms with Crippen LogP contribution in [0.15, 0.2) is 103 Å². The van der Waals surface area contributed by atoms with Gasteiger partial charge in [0.05, 0.1) is 5.69 Å². The highest BCUT2D eigenvalue weighted by Gasteiger charge is 2.24. The number of hydrogen-bond donors (Lipinski definition) is 0. The smallest absolute Gasteiger partial charge is 0.169 e. The van der Waals surface area contributed by atoms with E-state index in [0.717, 1.165) is 34.9 Å². The summed E-state index contributed by atoms with van der Waals surface area (Å²) in [7, 11) is 0. The standard InChI is InChI=1S/C31H29N3/c1-4-23-14-11-12-19-28(23)31-33-32-30(25-17-9-6-10-18-25)34(31)29-26(22(2)3)20-13-21-27(29)24-15-7-5-8-16-24/h5-22H,4H2,1-3H3. The third-order valence-electron chi connectivity index (χ3n) is 6.33. The van der Waals surface area contributed by atoms with Crippen molar-refractivity contribution >= 4 is 0 Å². The van der Waals surface area contributed by atoms with Gasteiger partial charge in [-0.25, -0.2) is 0 Å². The molecule has 3 nitrogen and oxygen atoms in total. The van der Waals surface area contributed by atoms with Crippen LogP contribution < -0.4 is 0 Å². The Balaban J connectivity index is 1.90. The number of nitrogens with zero attached hydrogens (tertiary/aromatic N) is 3. The average Bonchev–Trinajstić information content (AvgIpc) is 3.33. The van der Waals surface area contributed by atoms with E-state index in [1.54, 1.807) is 0 Å². The van der Waals surface area contributed by atoms with Crippen molar-refractivity contribution in [3.8, 4) is 39.6 Å². The number of aromatic nitrogens is 3. The molecule has 34 heavy (non-hydrogen) atoms. The normalized spacial score (nSPS) is 11.2. The topological polar surface area (TPSA) is 30.7 Å². The highest BCUT2D eigenvalue weighted by molar-refractivity contribution is 5.80. The highest BCUT2D eigenvalue weighted by Crippen LogP contribution is 2.39. The van der Waals surface area contributed by atoms with Crippen molar-refractivity contribution in [2.75, 3.05) is 0 Å². The van der Waals surface area contributed by atoms with Crippen LogP contribution in [0.4, 0.5) is 0 Å². The van der Waals surface area contributed by atoms with E-state index in [1.165, 1.54) is 22.3 Å². The summed E-state index contributed by atoms with van der Waals surface area (Å²) >= 11 is 0. The lowest BCUT2D eigenvalue weighted by atomic mass is 9.93. The van der Waals surface area contributed by atoms with Gasteiger partial charge in [-0.3, -0.25) is 4.57 Å². The van der Waals surface area contributed by atoms with E-state index < -0.39 is 0 Å². The van der Waals surface area contributed by atoms with Gasteiger partial charge in [-0.2, -0.15) is 0 Å². The molecule has 3 heteroatoms. The summed E-state index contributed by atoms with van der Waals surface area (Å²) in [5.74, 6) is 2.06. The minimum atomic E-state index is 0.332. The van der Waals surface area contributed by atoms with Gasteiger partial charge in [-0.1, -0.05) is 124 Å². The van der Waals surface area contributed by atoms with E-state index in [-0.39, 0.29) is 0 Å². The molecular weight excluding hydrogens is 414 g/mol. The molecule has 0 bridgehead atoms. The number of aryl methyl sites for hydroxylation is 1. The summed E-state index contributed by atoms with van der Waals surface area (Å²) in [6.45, 7) is 6.69. The summed E-state index contributed by atoms with van der Waals surface area (Å²) in [4.78, 5) is 0. The monoisotopic (exact) mass is 443 g/mol. The van der Waals surface area contributed by atoms with E-state index >= 15 is 0 Å². The molecule has 1 aromatic heterocycles. The van der Waals surface area contributed by atoms with Crippen molar-refractivity contribution in [3.05, 3.63) is 114 Å². The van der Waals surface area contributed by atoms with Crippen LogP contribution in [-0.2, 0) is 6.42 Å².